The molecule has 2 aromatic carbocycles. The van der Waals surface area contributed by atoms with Gasteiger partial charge in [-0.1, -0.05) is 42.5 Å². The SMILES string of the molecule is O=C1CC(c2ccccc2)N1/N=C/c1ccccc1O. The minimum atomic E-state index is -0.00877. The molecule has 0 spiro atoms. The minimum absolute atomic E-state index is 0.00851. The maximum atomic E-state index is 11.7. The first-order valence-electron chi connectivity index (χ1n) is 6.44. The molecule has 4 heteroatoms. The second kappa shape index (κ2) is 5.17. The van der Waals surface area contributed by atoms with Crippen LogP contribution in [0.1, 0.15) is 23.6 Å². The Balaban J connectivity index is 1.80. The summed E-state index contributed by atoms with van der Waals surface area (Å²) in [5, 5.41) is 15.3. The highest BCUT2D eigenvalue weighted by Crippen LogP contribution is 2.34. The second-order valence-corrected chi connectivity index (χ2v) is 4.67. The topological polar surface area (TPSA) is 52.9 Å². The highest BCUT2D eigenvalue weighted by Gasteiger charge is 2.37. The smallest absolute Gasteiger partial charge is 0.245 e. The first kappa shape index (κ1) is 12.4. The standard InChI is InChI=1S/C16H14N2O2/c19-15-9-5-4-8-13(15)11-17-18-14(10-16(18)20)12-6-2-1-3-7-12/h1-9,11,14,19H,10H2/b17-11+. The summed E-state index contributed by atoms with van der Waals surface area (Å²) in [6.07, 6.45) is 1.99. The molecule has 1 fully saturated rings. The molecule has 1 aliphatic rings. The number of amides is 1. The molecule has 0 bridgehead atoms. The van der Waals surface area contributed by atoms with Crippen LogP contribution in [0.15, 0.2) is 59.7 Å². The first-order valence-corrected chi connectivity index (χ1v) is 6.44. The van der Waals surface area contributed by atoms with E-state index in [0.717, 1.165) is 5.56 Å². The van der Waals surface area contributed by atoms with Crippen molar-refractivity contribution in [2.24, 2.45) is 5.10 Å². The molecule has 100 valence electrons. The van der Waals surface area contributed by atoms with E-state index >= 15 is 0 Å². The Labute approximate surface area is 117 Å². The van der Waals surface area contributed by atoms with Crippen LogP contribution in [0, 0.1) is 0 Å². The number of hydrogen-bond acceptors (Lipinski definition) is 3. The lowest BCUT2D eigenvalue weighted by Crippen LogP contribution is -2.42. The largest absolute Gasteiger partial charge is 0.507 e. The predicted molar refractivity (Wildman–Crippen MR) is 76.3 cm³/mol. The molecule has 0 radical (unpaired) electrons. The van der Waals surface area contributed by atoms with Crippen LogP contribution in [0.25, 0.3) is 0 Å². The summed E-state index contributed by atoms with van der Waals surface area (Å²) in [7, 11) is 0. The minimum Gasteiger partial charge on any atom is -0.507 e. The van der Waals surface area contributed by atoms with Crippen LogP contribution in [0.4, 0.5) is 0 Å². The van der Waals surface area contributed by atoms with Gasteiger partial charge < -0.3 is 5.11 Å². The van der Waals surface area contributed by atoms with E-state index in [2.05, 4.69) is 5.10 Å². The van der Waals surface area contributed by atoms with Crippen molar-refractivity contribution in [1.82, 2.24) is 5.01 Å². The second-order valence-electron chi connectivity index (χ2n) is 4.67. The van der Waals surface area contributed by atoms with Crippen molar-refractivity contribution in [2.75, 3.05) is 0 Å². The van der Waals surface area contributed by atoms with Crippen LogP contribution in [-0.4, -0.2) is 22.2 Å². The lowest BCUT2D eigenvalue weighted by molar-refractivity contribution is -0.146. The number of aromatic hydroxyl groups is 1. The molecular weight excluding hydrogens is 252 g/mol. The molecular formula is C16H14N2O2. The number of phenols is 1. The van der Waals surface area contributed by atoms with Crippen molar-refractivity contribution in [1.29, 1.82) is 0 Å². The van der Waals surface area contributed by atoms with E-state index < -0.39 is 0 Å². The number of benzene rings is 2. The summed E-state index contributed by atoms with van der Waals surface area (Å²) < 4.78 is 0. The number of phenolic OH excluding ortho intramolecular Hbond substituents is 1. The van der Waals surface area contributed by atoms with Crippen molar-refractivity contribution in [3.63, 3.8) is 0 Å². The van der Waals surface area contributed by atoms with Gasteiger partial charge in [0.25, 0.3) is 0 Å². The van der Waals surface area contributed by atoms with Gasteiger partial charge in [-0.05, 0) is 17.7 Å². The molecule has 1 amide bonds. The van der Waals surface area contributed by atoms with Gasteiger partial charge in [0.15, 0.2) is 0 Å². The number of carbonyl (C=O) groups excluding carboxylic acids is 1. The maximum absolute atomic E-state index is 11.7. The number of carbonyl (C=O) groups is 1. The number of rotatable bonds is 3. The quantitative estimate of drug-likeness (QED) is 0.686. The van der Waals surface area contributed by atoms with E-state index in [0.29, 0.717) is 12.0 Å². The van der Waals surface area contributed by atoms with E-state index in [1.807, 2.05) is 36.4 Å². The zero-order valence-electron chi connectivity index (χ0n) is 10.8. The van der Waals surface area contributed by atoms with Crippen LogP contribution >= 0.6 is 0 Å². The van der Waals surface area contributed by atoms with Crippen LogP contribution < -0.4 is 0 Å². The van der Waals surface area contributed by atoms with E-state index in [9.17, 15) is 9.90 Å². The Bertz CT molecular complexity index is 653. The molecule has 0 aromatic heterocycles. The van der Waals surface area contributed by atoms with E-state index in [1.165, 1.54) is 11.2 Å². The van der Waals surface area contributed by atoms with Crippen molar-refractivity contribution < 1.29 is 9.90 Å². The highest BCUT2D eigenvalue weighted by molar-refractivity contribution is 5.87. The Kier molecular flexibility index (Phi) is 3.21. The van der Waals surface area contributed by atoms with Gasteiger partial charge >= 0.3 is 0 Å². The first-order chi connectivity index (χ1) is 9.75. The zero-order chi connectivity index (χ0) is 13.9. The molecule has 0 saturated carbocycles. The van der Waals surface area contributed by atoms with E-state index in [1.54, 1.807) is 18.2 Å². The molecule has 1 aliphatic heterocycles. The molecule has 1 atom stereocenters. The lowest BCUT2D eigenvalue weighted by Gasteiger charge is -2.36. The van der Waals surface area contributed by atoms with Crippen LogP contribution in [0.5, 0.6) is 5.75 Å². The Morgan fingerprint density at radius 2 is 1.80 bits per heavy atom. The molecule has 20 heavy (non-hydrogen) atoms. The van der Waals surface area contributed by atoms with E-state index in [-0.39, 0.29) is 17.7 Å². The van der Waals surface area contributed by atoms with Crippen LogP contribution in [0.2, 0.25) is 0 Å². The summed E-state index contributed by atoms with van der Waals surface area (Å²) >= 11 is 0. The van der Waals surface area contributed by atoms with Gasteiger partial charge in [-0.15, -0.1) is 0 Å². The normalized spacial score (nSPS) is 18.3. The van der Waals surface area contributed by atoms with Crippen LogP contribution in [0.3, 0.4) is 0 Å². The summed E-state index contributed by atoms with van der Waals surface area (Å²) in [4.78, 5) is 11.7. The third-order valence-electron chi connectivity index (χ3n) is 3.36. The van der Waals surface area contributed by atoms with Crippen molar-refractivity contribution in [3.8, 4) is 5.75 Å². The molecule has 1 heterocycles. The molecule has 2 aromatic rings. The molecule has 1 N–H and O–H groups in total. The third kappa shape index (κ3) is 2.28. The van der Waals surface area contributed by atoms with Gasteiger partial charge in [-0.3, -0.25) is 4.79 Å². The fraction of sp³-hybridized carbons (Fsp3) is 0.125. The van der Waals surface area contributed by atoms with Gasteiger partial charge in [0.1, 0.15) is 5.75 Å². The number of hydrogen-bond donors (Lipinski definition) is 1. The lowest BCUT2D eigenvalue weighted by atomic mass is 9.96. The summed E-state index contributed by atoms with van der Waals surface area (Å²) in [5.41, 5.74) is 1.67. The predicted octanol–water partition coefficient (Wildman–Crippen LogP) is 2.70. The highest BCUT2D eigenvalue weighted by atomic mass is 16.3. The Morgan fingerprint density at radius 3 is 2.50 bits per heavy atom. The fourth-order valence-corrected chi connectivity index (χ4v) is 2.21. The Morgan fingerprint density at radius 1 is 1.10 bits per heavy atom. The number of para-hydroxylation sites is 1. The Hall–Kier alpha value is -2.62. The zero-order valence-corrected chi connectivity index (χ0v) is 10.8. The van der Waals surface area contributed by atoms with Crippen molar-refractivity contribution in [3.05, 3.63) is 65.7 Å². The monoisotopic (exact) mass is 266 g/mol. The molecule has 1 saturated heterocycles. The molecule has 4 nitrogen and oxygen atoms in total. The summed E-state index contributed by atoms with van der Waals surface area (Å²) in [6.45, 7) is 0. The summed E-state index contributed by atoms with van der Waals surface area (Å²) in [6, 6.07) is 16.7. The van der Waals surface area contributed by atoms with Crippen LogP contribution in [-0.2, 0) is 4.79 Å². The van der Waals surface area contributed by atoms with Gasteiger partial charge in [0.05, 0.1) is 18.7 Å². The average molecular weight is 266 g/mol. The maximum Gasteiger partial charge on any atom is 0.245 e. The fourth-order valence-electron chi connectivity index (χ4n) is 2.21. The molecule has 0 aliphatic carbocycles. The third-order valence-corrected chi connectivity index (χ3v) is 3.36. The molecule has 1 unspecified atom stereocenters. The number of hydrazone groups is 1. The van der Waals surface area contributed by atoms with Gasteiger partial charge in [-0.2, -0.15) is 5.10 Å². The number of nitrogens with zero attached hydrogens (tertiary/aromatic N) is 2. The average Bonchev–Trinajstić information content (AvgIpc) is 2.47. The van der Waals surface area contributed by atoms with Gasteiger partial charge in [0, 0.05) is 5.56 Å². The van der Waals surface area contributed by atoms with Crippen molar-refractivity contribution in [2.45, 2.75) is 12.5 Å². The van der Waals surface area contributed by atoms with Crippen molar-refractivity contribution >= 4 is 12.1 Å². The van der Waals surface area contributed by atoms with Gasteiger partial charge in [-0.25, -0.2) is 5.01 Å². The molecule has 3 rings (SSSR count). The summed E-state index contributed by atoms with van der Waals surface area (Å²) in [5.74, 6) is 0.144. The van der Waals surface area contributed by atoms with Gasteiger partial charge in [0.2, 0.25) is 5.91 Å². The number of β-lactam (4-membered cyclic amide) rings is 1. The van der Waals surface area contributed by atoms with E-state index in [4.69, 9.17) is 0 Å².